The fourth-order valence-corrected chi connectivity index (χ4v) is 3.91. The first-order valence-corrected chi connectivity index (χ1v) is 10.1. The average Bonchev–Trinajstić information content (AvgIpc) is 3.41. The van der Waals surface area contributed by atoms with Crippen molar-refractivity contribution >= 4 is 16.7 Å². The molecule has 4 aromatic rings. The molecule has 7 nitrogen and oxygen atoms in total. The lowest BCUT2D eigenvalue weighted by Crippen LogP contribution is -2.41. The smallest absolute Gasteiger partial charge is 0.292 e. The summed E-state index contributed by atoms with van der Waals surface area (Å²) in [4.78, 5) is 32.0. The second kappa shape index (κ2) is 6.79. The summed E-state index contributed by atoms with van der Waals surface area (Å²) in [5, 5.41) is 2.13. The van der Waals surface area contributed by atoms with E-state index in [1.165, 1.54) is 6.20 Å². The van der Waals surface area contributed by atoms with Crippen molar-refractivity contribution in [1.82, 2.24) is 24.8 Å². The summed E-state index contributed by atoms with van der Waals surface area (Å²) in [5.41, 5.74) is 2.38. The molecule has 30 heavy (non-hydrogen) atoms. The third kappa shape index (κ3) is 3.07. The maximum Gasteiger partial charge on any atom is 0.292 e. The van der Waals surface area contributed by atoms with E-state index in [1.54, 1.807) is 11.2 Å². The quantitative estimate of drug-likeness (QED) is 0.548. The molecule has 1 atom stereocenters. The molecular formula is C23H23N5O2. The standard InChI is InChI=1S/C23H23N5O2/c1-23(2,3)22-25-12-18(30-22)21(29)28-9-8-16-19(27-13-26-16)20(28)17-10-14-6-4-5-7-15(14)11-24-17/h4-7,10-13,20H,8-9H2,1-3H3,(H,26,27)/t20-/m1/s1. The highest BCUT2D eigenvalue weighted by Gasteiger charge is 2.37. The predicted molar refractivity (Wildman–Crippen MR) is 112 cm³/mol. The van der Waals surface area contributed by atoms with Gasteiger partial charge in [0.15, 0.2) is 0 Å². The lowest BCUT2D eigenvalue weighted by atomic mass is 9.97. The SMILES string of the molecule is CC(C)(C)c1ncc(C(=O)N2CCc3[nH]cnc3[C@H]2c2cc3ccccc3cn2)o1. The second-order valence-electron chi connectivity index (χ2n) is 8.65. The molecule has 4 heterocycles. The third-order valence-corrected chi connectivity index (χ3v) is 5.48. The van der Waals surface area contributed by atoms with Crippen molar-refractivity contribution in [2.75, 3.05) is 6.54 Å². The van der Waals surface area contributed by atoms with Gasteiger partial charge in [-0.25, -0.2) is 9.97 Å². The molecule has 5 rings (SSSR count). The van der Waals surface area contributed by atoms with Crippen LogP contribution in [0.5, 0.6) is 0 Å². The van der Waals surface area contributed by atoms with Crippen molar-refractivity contribution in [2.24, 2.45) is 0 Å². The van der Waals surface area contributed by atoms with Crippen molar-refractivity contribution in [2.45, 2.75) is 38.6 Å². The van der Waals surface area contributed by atoms with Gasteiger partial charge in [0, 0.05) is 35.7 Å². The van der Waals surface area contributed by atoms with Crippen LogP contribution in [0, 0.1) is 0 Å². The number of imidazole rings is 1. The van der Waals surface area contributed by atoms with E-state index in [2.05, 4.69) is 19.9 Å². The molecule has 0 unspecified atom stereocenters. The van der Waals surface area contributed by atoms with Crippen LogP contribution in [0.1, 0.15) is 60.3 Å². The molecule has 0 aliphatic carbocycles. The number of rotatable bonds is 2. The van der Waals surface area contributed by atoms with Gasteiger partial charge in [-0.05, 0) is 11.5 Å². The average molecular weight is 401 g/mol. The lowest BCUT2D eigenvalue weighted by molar-refractivity contribution is 0.0651. The van der Waals surface area contributed by atoms with E-state index in [4.69, 9.17) is 4.42 Å². The highest BCUT2D eigenvalue weighted by Crippen LogP contribution is 2.35. The Labute approximate surface area is 174 Å². The van der Waals surface area contributed by atoms with Gasteiger partial charge < -0.3 is 14.3 Å². The Kier molecular flexibility index (Phi) is 4.20. The van der Waals surface area contributed by atoms with Gasteiger partial charge in [-0.3, -0.25) is 9.78 Å². The Morgan fingerprint density at radius 2 is 1.93 bits per heavy atom. The molecule has 1 aromatic carbocycles. The first-order valence-electron chi connectivity index (χ1n) is 10.1. The van der Waals surface area contributed by atoms with Crippen LogP contribution < -0.4 is 0 Å². The Hall–Kier alpha value is -3.48. The Morgan fingerprint density at radius 3 is 2.70 bits per heavy atom. The Morgan fingerprint density at radius 1 is 1.13 bits per heavy atom. The normalized spacial score (nSPS) is 16.6. The number of aromatic nitrogens is 4. The van der Waals surface area contributed by atoms with E-state index >= 15 is 0 Å². The summed E-state index contributed by atoms with van der Waals surface area (Å²) in [5.74, 6) is 0.583. The van der Waals surface area contributed by atoms with E-state index in [0.29, 0.717) is 18.9 Å². The number of H-pyrrole nitrogens is 1. The molecule has 3 aromatic heterocycles. The molecule has 0 radical (unpaired) electrons. The molecule has 0 spiro atoms. The van der Waals surface area contributed by atoms with E-state index in [1.807, 2.05) is 57.3 Å². The van der Waals surface area contributed by atoms with Crippen LogP contribution in [0.2, 0.25) is 0 Å². The van der Waals surface area contributed by atoms with Crippen molar-refractivity contribution in [3.8, 4) is 0 Å². The summed E-state index contributed by atoms with van der Waals surface area (Å²) in [7, 11) is 0. The van der Waals surface area contributed by atoms with E-state index in [0.717, 1.165) is 27.9 Å². The monoisotopic (exact) mass is 401 g/mol. The zero-order valence-corrected chi connectivity index (χ0v) is 17.2. The van der Waals surface area contributed by atoms with E-state index < -0.39 is 0 Å². The number of pyridine rings is 1. The van der Waals surface area contributed by atoms with Crippen LogP contribution in [0.3, 0.4) is 0 Å². The van der Waals surface area contributed by atoms with Gasteiger partial charge in [-0.15, -0.1) is 0 Å². The van der Waals surface area contributed by atoms with Crippen LogP contribution in [0.15, 0.2) is 53.5 Å². The van der Waals surface area contributed by atoms with Crippen LogP contribution in [0.25, 0.3) is 10.8 Å². The molecule has 0 bridgehead atoms. The molecule has 7 heteroatoms. The van der Waals surface area contributed by atoms with Crippen molar-refractivity contribution in [3.63, 3.8) is 0 Å². The van der Waals surface area contributed by atoms with Gasteiger partial charge in [0.25, 0.3) is 5.91 Å². The summed E-state index contributed by atoms with van der Waals surface area (Å²) in [6, 6.07) is 9.71. The molecule has 1 amide bonds. The van der Waals surface area contributed by atoms with E-state index in [9.17, 15) is 4.79 Å². The number of amides is 1. The number of hydrogen-bond donors (Lipinski definition) is 1. The van der Waals surface area contributed by atoms with Gasteiger partial charge in [0.05, 0.1) is 23.9 Å². The summed E-state index contributed by atoms with van der Waals surface area (Å²) < 4.78 is 5.84. The maximum atomic E-state index is 13.4. The molecular weight excluding hydrogens is 378 g/mol. The molecule has 0 saturated heterocycles. The topological polar surface area (TPSA) is 87.9 Å². The largest absolute Gasteiger partial charge is 0.435 e. The maximum absolute atomic E-state index is 13.4. The van der Waals surface area contributed by atoms with E-state index in [-0.39, 0.29) is 23.1 Å². The van der Waals surface area contributed by atoms with Crippen molar-refractivity contribution in [1.29, 1.82) is 0 Å². The minimum Gasteiger partial charge on any atom is -0.435 e. The fraction of sp³-hybridized carbons (Fsp3) is 0.304. The molecule has 1 N–H and O–H groups in total. The van der Waals surface area contributed by atoms with Crippen LogP contribution in [-0.4, -0.2) is 37.3 Å². The van der Waals surface area contributed by atoms with Gasteiger partial charge in [0.2, 0.25) is 11.7 Å². The number of nitrogens with one attached hydrogen (secondary N) is 1. The van der Waals surface area contributed by atoms with Crippen LogP contribution >= 0.6 is 0 Å². The number of aromatic amines is 1. The second-order valence-corrected chi connectivity index (χ2v) is 8.65. The minimum atomic E-state index is -0.389. The van der Waals surface area contributed by atoms with Gasteiger partial charge in [0.1, 0.15) is 6.04 Å². The van der Waals surface area contributed by atoms with Gasteiger partial charge in [-0.2, -0.15) is 0 Å². The molecule has 0 fully saturated rings. The number of nitrogens with zero attached hydrogens (tertiary/aromatic N) is 4. The van der Waals surface area contributed by atoms with Crippen molar-refractivity contribution < 1.29 is 9.21 Å². The van der Waals surface area contributed by atoms with Gasteiger partial charge in [-0.1, -0.05) is 45.0 Å². The summed E-state index contributed by atoms with van der Waals surface area (Å²) in [6.45, 7) is 6.56. The highest BCUT2D eigenvalue weighted by molar-refractivity contribution is 5.92. The van der Waals surface area contributed by atoms with Crippen molar-refractivity contribution in [3.05, 3.63) is 77.8 Å². The number of fused-ring (bicyclic) bond motifs is 2. The first-order chi connectivity index (χ1) is 14.4. The number of hydrogen-bond acceptors (Lipinski definition) is 5. The fourth-order valence-electron chi connectivity index (χ4n) is 3.91. The lowest BCUT2D eigenvalue weighted by Gasteiger charge is -2.34. The summed E-state index contributed by atoms with van der Waals surface area (Å²) >= 11 is 0. The Balaban J connectivity index is 1.58. The minimum absolute atomic E-state index is 0.202. The molecule has 152 valence electrons. The number of carbonyl (C=O) groups excluding carboxylic acids is 1. The number of carbonyl (C=O) groups is 1. The zero-order chi connectivity index (χ0) is 20.9. The first kappa shape index (κ1) is 18.5. The van der Waals surface area contributed by atoms with Crippen LogP contribution in [0.4, 0.5) is 0 Å². The van der Waals surface area contributed by atoms with Gasteiger partial charge >= 0.3 is 0 Å². The third-order valence-electron chi connectivity index (χ3n) is 5.48. The highest BCUT2D eigenvalue weighted by atomic mass is 16.4. The number of benzene rings is 1. The number of oxazole rings is 1. The molecule has 1 aliphatic heterocycles. The van der Waals surface area contributed by atoms with Crippen LogP contribution in [-0.2, 0) is 11.8 Å². The zero-order valence-electron chi connectivity index (χ0n) is 17.2. The predicted octanol–water partition coefficient (Wildman–Crippen LogP) is 4.03. The molecule has 0 saturated carbocycles. The summed E-state index contributed by atoms with van der Waals surface area (Å²) in [6.07, 6.45) is 5.75. The molecule has 1 aliphatic rings. The Bertz CT molecular complexity index is 1230.